The van der Waals surface area contributed by atoms with Crippen molar-refractivity contribution in [3.63, 3.8) is 0 Å². The average molecular weight is 330 g/mol. The molecular formula is C19H26N2O3. The molecule has 2 saturated heterocycles. The maximum atomic E-state index is 12.5. The Labute approximate surface area is 143 Å². The Hall–Kier alpha value is -1.72. The molecule has 1 N–H and O–H groups in total. The van der Waals surface area contributed by atoms with Crippen molar-refractivity contribution >= 4 is 11.7 Å². The van der Waals surface area contributed by atoms with E-state index in [0.717, 1.165) is 50.9 Å². The molecule has 5 nitrogen and oxygen atoms in total. The Kier molecular flexibility index (Phi) is 5.99. The summed E-state index contributed by atoms with van der Waals surface area (Å²) in [5.41, 5.74) is 0.797. The van der Waals surface area contributed by atoms with E-state index in [-0.39, 0.29) is 23.7 Å². The Morgan fingerprint density at radius 2 is 1.88 bits per heavy atom. The number of likely N-dealkylation sites (tertiary alicyclic amines) is 1. The van der Waals surface area contributed by atoms with Crippen molar-refractivity contribution in [1.82, 2.24) is 10.2 Å². The summed E-state index contributed by atoms with van der Waals surface area (Å²) >= 11 is 0. The Morgan fingerprint density at radius 1 is 1.12 bits per heavy atom. The first-order chi connectivity index (χ1) is 11.7. The molecule has 2 aliphatic rings. The van der Waals surface area contributed by atoms with Crippen molar-refractivity contribution in [3.05, 3.63) is 35.9 Å². The zero-order valence-corrected chi connectivity index (χ0v) is 14.1. The molecule has 5 heteroatoms. The number of ether oxygens (including phenoxy) is 1. The molecular weight excluding hydrogens is 304 g/mol. The SMILES string of the molecule is O=C(CN1CCC(C(=O)c2ccccc2)CC1)NCC1CCCO1. The van der Waals surface area contributed by atoms with Crippen LogP contribution in [0.15, 0.2) is 30.3 Å². The first-order valence-corrected chi connectivity index (χ1v) is 8.92. The van der Waals surface area contributed by atoms with Crippen LogP contribution in [0.5, 0.6) is 0 Å². The van der Waals surface area contributed by atoms with Crippen LogP contribution >= 0.6 is 0 Å². The van der Waals surface area contributed by atoms with Gasteiger partial charge in [-0.1, -0.05) is 30.3 Å². The molecule has 3 rings (SSSR count). The monoisotopic (exact) mass is 330 g/mol. The highest BCUT2D eigenvalue weighted by Crippen LogP contribution is 2.21. The maximum absolute atomic E-state index is 12.5. The average Bonchev–Trinajstić information content (AvgIpc) is 3.14. The van der Waals surface area contributed by atoms with E-state index in [0.29, 0.717) is 13.1 Å². The quantitative estimate of drug-likeness (QED) is 0.809. The van der Waals surface area contributed by atoms with Crippen molar-refractivity contribution in [2.45, 2.75) is 31.8 Å². The largest absolute Gasteiger partial charge is 0.376 e. The number of Topliss-reactive ketones (excluding diaryl/α,β-unsaturated/α-hetero) is 1. The molecule has 0 aromatic heterocycles. The van der Waals surface area contributed by atoms with Crippen molar-refractivity contribution in [1.29, 1.82) is 0 Å². The number of benzene rings is 1. The van der Waals surface area contributed by atoms with E-state index in [1.807, 2.05) is 30.3 Å². The number of hydrogen-bond acceptors (Lipinski definition) is 4. The number of nitrogens with zero attached hydrogens (tertiary/aromatic N) is 1. The molecule has 130 valence electrons. The molecule has 1 unspecified atom stereocenters. The number of carbonyl (C=O) groups excluding carboxylic acids is 2. The van der Waals surface area contributed by atoms with E-state index < -0.39 is 0 Å². The van der Waals surface area contributed by atoms with Gasteiger partial charge in [0.05, 0.1) is 12.6 Å². The predicted octanol–water partition coefficient (Wildman–Crippen LogP) is 1.88. The van der Waals surface area contributed by atoms with Crippen molar-refractivity contribution < 1.29 is 14.3 Å². The summed E-state index contributed by atoms with van der Waals surface area (Å²) in [5.74, 6) is 0.370. The molecule has 2 heterocycles. The van der Waals surface area contributed by atoms with Gasteiger partial charge in [-0.05, 0) is 38.8 Å². The number of carbonyl (C=O) groups is 2. The molecule has 0 aliphatic carbocycles. The summed E-state index contributed by atoms with van der Waals surface area (Å²) in [6.07, 6.45) is 3.96. The van der Waals surface area contributed by atoms with Gasteiger partial charge in [0.25, 0.3) is 0 Å². The van der Waals surface area contributed by atoms with E-state index in [2.05, 4.69) is 10.2 Å². The highest BCUT2D eigenvalue weighted by molar-refractivity contribution is 5.97. The third-order valence-corrected chi connectivity index (χ3v) is 4.93. The molecule has 2 aliphatic heterocycles. The molecule has 0 saturated carbocycles. The van der Waals surface area contributed by atoms with Crippen LogP contribution < -0.4 is 5.32 Å². The summed E-state index contributed by atoms with van der Waals surface area (Å²) in [5, 5.41) is 2.96. The van der Waals surface area contributed by atoms with Crippen LogP contribution in [0.25, 0.3) is 0 Å². The van der Waals surface area contributed by atoms with Gasteiger partial charge < -0.3 is 10.1 Å². The zero-order chi connectivity index (χ0) is 16.8. The fourth-order valence-electron chi connectivity index (χ4n) is 3.48. The summed E-state index contributed by atoms with van der Waals surface area (Å²) in [4.78, 5) is 26.6. The normalized spacial score (nSPS) is 22.4. The van der Waals surface area contributed by atoms with Crippen molar-refractivity contribution in [2.24, 2.45) is 5.92 Å². The number of piperidine rings is 1. The van der Waals surface area contributed by atoms with Crippen LogP contribution in [0.1, 0.15) is 36.0 Å². The van der Waals surface area contributed by atoms with Gasteiger partial charge in [0.1, 0.15) is 0 Å². The minimum atomic E-state index is 0.0540. The van der Waals surface area contributed by atoms with Crippen LogP contribution in [0, 0.1) is 5.92 Å². The summed E-state index contributed by atoms with van der Waals surface area (Å²) in [6, 6.07) is 9.50. The number of hydrogen-bond donors (Lipinski definition) is 1. The molecule has 1 amide bonds. The predicted molar refractivity (Wildman–Crippen MR) is 91.9 cm³/mol. The first kappa shape index (κ1) is 17.1. The molecule has 2 fully saturated rings. The second-order valence-corrected chi connectivity index (χ2v) is 6.72. The lowest BCUT2D eigenvalue weighted by Gasteiger charge is -2.30. The lowest BCUT2D eigenvalue weighted by molar-refractivity contribution is -0.123. The van der Waals surface area contributed by atoms with Crippen LogP contribution in [0.2, 0.25) is 0 Å². The lowest BCUT2D eigenvalue weighted by atomic mass is 9.89. The van der Waals surface area contributed by atoms with Gasteiger partial charge in [-0.2, -0.15) is 0 Å². The van der Waals surface area contributed by atoms with E-state index in [1.54, 1.807) is 0 Å². The lowest BCUT2D eigenvalue weighted by Crippen LogP contribution is -2.44. The minimum Gasteiger partial charge on any atom is -0.376 e. The summed E-state index contributed by atoms with van der Waals surface area (Å²) in [6.45, 7) is 3.44. The molecule has 0 spiro atoms. The van der Waals surface area contributed by atoms with Crippen LogP contribution in [0.4, 0.5) is 0 Å². The Balaban J connectivity index is 1.38. The van der Waals surface area contributed by atoms with Gasteiger partial charge in [0.15, 0.2) is 5.78 Å². The van der Waals surface area contributed by atoms with E-state index in [4.69, 9.17) is 4.74 Å². The number of rotatable bonds is 6. The zero-order valence-electron chi connectivity index (χ0n) is 14.1. The fourth-order valence-corrected chi connectivity index (χ4v) is 3.48. The highest BCUT2D eigenvalue weighted by atomic mass is 16.5. The van der Waals surface area contributed by atoms with Crippen LogP contribution in [0.3, 0.4) is 0 Å². The molecule has 0 bridgehead atoms. The molecule has 1 atom stereocenters. The third kappa shape index (κ3) is 4.65. The minimum absolute atomic E-state index is 0.0540. The fraction of sp³-hybridized carbons (Fsp3) is 0.579. The summed E-state index contributed by atoms with van der Waals surface area (Å²) in [7, 11) is 0. The van der Waals surface area contributed by atoms with E-state index >= 15 is 0 Å². The van der Waals surface area contributed by atoms with Crippen molar-refractivity contribution in [2.75, 3.05) is 32.8 Å². The maximum Gasteiger partial charge on any atom is 0.234 e. The van der Waals surface area contributed by atoms with Crippen LogP contribution in [-0.4, -0.2) is 55.5 Å². The third-order valence-electron chi connectivity index (χ3n) is 4.93. The first-order valence-electron chi connectivity index (χ1n) is 8.92. The number of ketones is 1. The Morgan fingerprint density at radius 3 is 2.54 bits per heavy atom. The molecule has 1 aromatic rings. The topological polar surface area (TPSA) is 58.6 Å². The van der Waals surface area contributed by atoms with Gasteiger partial charge in [0.2, 0.25) is 5.91 Å². The van der Waals surface area contributed by atoms with Crippen LogP contribution in [-0.2, 0) is 9.53 Å². The standard InChI is InChI=1S/C19H26N2O3/c22-18(20-13-17-7-4-12-24-17)14-21-10-8-16(9-11-21)19(23)15-5-2-1-3-6-15/h1-3,5-6,16-17H,4,7-14H2,(H,20,22). The second kappa shape index (κ2) is 8.40. The van der Waals surface area contributed by atoms with Gasteiger partial charge in [-0.15, -0.1) is 0 Å². The number of amides is 1. The van der Waals surface area contributed by atoms with Gasteiger partial charge in [-0.25, -0.2) is 0 Å². The number of nitrogens with one attached hydrogen (secondary N) is 1. The summed E-state index contributed by atoms with van der Waals surface area (Å²) < 4.78 is 5.51. The molecule has 1 aromatic carbocycles. The van der Waals surface area contributed by atoms with E-state index in [1.165, 1.54) is 0 Å². The Bertz CT molecular complexity index is 547. The van der Waals surface area contributed by atoms with Gasteiger partial charge in [0, 0.05) is 24.6 Å². The van der Waals surface area contributed by atoms with Gasteiger partial charge >= 0.3 is 0 Å². The second-order valence-electron chi connectivity index (χ2n) is 6.72. The van der Waals surface area contributed by atoms with Crippen molar-refractivity contribution in [3.8, 4) is 0 Å². The van der Waals surface area contributed by atoms with Gasteiger partial charge in [-0.3, -0.25) is 14.5 Å². The smallest absolute Gasteiger partial charge is 0.234 e. The van der Waals surface area contributed by atoms with E-state index in [9.17, 15) is 9.59 Å². The molecule has 24 heavy (non-hydrogen) atoms. The highest BCUT2D eigenvalue weighted by Gasteiger charge is 2.26. The molecule has 0 radical (unpaired) electrons.